The largest absolute Gasteiger partial charge is 0.499 e. The standard InChI is InChI=1S/C12H24O3/c1-3-5-6-7-9-15-11-12(13)10-14-8-4-2/h4,8,12-13H,3,5-7,9-11H2,1-2H3. The van der Waals surface area contributed by atoms with Crippen LogP contribution in [0.1, 0.15) is 39.5 Å². The first kappa shape index (κ1) is 14.5. The SMILES string of the molecule is CC=COCC(O)COCCCCCC. The highest BCUT2D eigenvalue weighted by molar-refractivity contribution is 4.66. The van der Waals surface area contributed by atoms with Crippen LogP contribution in [0.25, 0.3) is 0 Å². The zero-order valence-electron chi connectivity index (χ0n) is 9.95. The summed E-state index contributed by atoms with van der Waals surface area (Å²) in [7, 11) is 0. The van der Waals surface area contributed by atoms with Crippen molar-refractivity contribution in [2.45, 2.75) is 45.6 Å². The smallest absolute Gasteiger partial charge is 0.115 e. The molecule has 3 nitrogen and oxygen atoms in total. The number of allylic oxidation sites excluding steroid dienone is 1. The number of ether oxygens (including phenoxy) is 2. The molecule has 0 aliphatic heterocycles. The fourth-order valence-corrected chi connectivity index (χ4v) is 1.16. The Morgan fingerprint density at radius 3 is 2.67 bits per heavy atom. The van der Waals surface area contributed by atoms with Crippen molar-refractivity contribution < 1.29 is 14.6 Å². The second-order valence-corrected chi connectivity index (χ2v) is 3.59. The van der Waals surface area contributed by atoms with Gasteiger partial charge in [-0.3, -0.25) is 0 Å². The molecule has 3 heteroatoms. The monoisotopic (exact) mass is 216 g/mol. The third-order valence-corrected chi connectivity index (χ3v) is 1.97. The van der Waals surface area contributed by atoms with E-state index in [2.05, 4.69) is 6.92 Å². The Morgan fingerprint density at radius 1 is 1.20 bits per heavy atom. The maximum Gasteiger partial charge on any atom is 0.115 e. The molecule has 0 amide bonds. The van der Waals surface area contributed by atoms with Gasteiger partial charge in [-0.25, -0.2) is 0 Å². The second-order valence-electron chi connectivity index (χ2n) is 3.59. The number of hydrogen-bond donors (Lipinski definition) is 1. The van der Waals surface area contributed by atoms with Gasteiger partial charge in [0.05, 0.1) is 12.9 Å². The third kappa shape index (κ3) is 11.4. The van der Waals surface area contributed by atoms with E-state index in [0.717, 1.165) is 13.0 Å². The van der Waals surface area contributed by atoms with E-state index >= 15 is 0 Å². The number of unbranched alkanes of at least 4 members (excludes halogenated alkanes) is 3. The highest BCUT2D eigenvalue weighted by Crippen LogP contribution is 1.99. The molecule has 0 aromatic carbocycles. The number of aliphatic hydroxyl groups excluding tert-OH is 1. The minimum atomic E-state index is -0.521. The highest BCUT2D eigenvalue weighted by Gasteiger charge is 2.02. The lowest BCUT2D eigenvalue weighted by molar-refractivity contribution is 0.00142. The Kier molecular flexibility index (Phi) is 11.1. The van der Waals surface area contributed by atoms with Gasteiger partial charge < -0.3 is 14.6 Å². The maximum absolute atomic E-state index is 9.39. The van der Waals surface area contributed by atoms with Crippen LogP contribution in [0.15, 0.2) is 12.3 Å². The van der Waals surface area contributed by atoms with E-state index in [1.54, 1.807) is 12.3 Å². The molecule has 0 saturated carbocycles. The average molecular weight is 216 g/mol. The topological polar surface area (TPSA) is 38.7 Å². The molecule has 0 rings (SSSR count). The first-order valence-electron chi connectivity index (χ1n) is 5.79. The molecule has 0 bridgehead atoms. The zero-order valence-corrected chi connectivity index (χ0v) is 9.95. The molecule has 0 aliphatic rings. The van der Waals surface area contributed by atoms with Crippen molar-refractivity contribution in [3.05, 3.63) is 12.3 Å². The second kappa shape index (κ2) is 11.5. The van der Waals surface area contributed by atoms with Crippen LogP contribution >= 0.6 is 0 Å². The fraction of sp³-hybridized carbons (Fsp3) is 0.833. The van der Waals surface area contributed by atoms with Gasteiger partial charge in [0.1, 0.15) is 12.7 Å². The van der Waals surface area contributed by atoms with E-state index in [1.807, 2.05) is 6.92 Å². The van der Waals surface area contributed by atoms with Gasteiger partial charge in [0, 0.05) is 6.61 Å². The van der Waals surface area contributed by atoms with Gasteiger partial charge in [-0.1, -0.05) is 32.3 Å². The summed E-state index contributed by atoms with van der Waals surface area (Å²) in [6, 6.07) is 0. The molecule has 0 radical (unpaired) electrons. The number of aliphatic hydroxyl groups is 1. The molecule has 0 aliphatic carbocycles. The van der Waals surface area contributed by atoms with Gasteiger partial charge in [-0.15, -0.1) is 0 Å². The molecule has 0 heterocycles. The van der Waals surface area contributed by atoms with Crippen LogP contribution in [0.5, 0.6) is 0 Å². The molecule has 1 unspecified atom stereocenters. The summed E-state index contributed by atoms with van der Waals surface area (Å²) in [4.78, 5) is 0. The van der Waals surface area contributed by atoms with E-state index in [0.29, 0.717) is 13.2 Å². The first-order chi connectivity index (χ1) is 7.31. The lowest BCUT2D eigenvalue weighted by atomic mass is 10.2. The summed E-state index contributed by atoms with van der Waals surface area (Å²) in [5, 5.41) is 9.39. The fourth-order valence-electron chi connectivity index (χ4n) is 1.16. The number of rotatable bonds is 10. The van der Waals surface area contributed by atoms with E-state index in [9.17, 15) is 5.11 Å². The van der Waals surface area contributed by atoms with E-state index < -0.39 is 6.10 Å². The van der Waals surface area contributed by atoms with Crippen LogP contribution in [0.4, 0.5) is 0 Å². The lowest BCUT2D eigenvalue weighted by Crippen LogP contribution is -2.20. The molecule has 0 aromatic heterocycles. The van der Waals surface area contributed by atoms with E-state index in [-0.39, 0.29) is 0 Å². The quantitative estimate of drug-likeness (QED) is 0.450. The average Bonchev–Trinajstić information content (AvgIpc) is 2.23. The van der Waals surface area contributed by atoms with Gasteiger partial charge in [0.2, 0.25) is 0 Å². The van der Waals surface area contributed by atoms with Crippen molar-refractivity contribution in [1.82, 2.24) is 0 Å². The molecular formula is C12H24O3. The van der Waals surface area contributed by atoms with Crippen LogP contribution in [0.2, 0.25) is 0 Å². The minimum absolute atomic E-state index is 0.305. The Hall–Kier alpha value is -0.540. The summed E-state index contributed by atoms with van der Waals surface area (Å²) in [6.07, 6.45) is 7.63. The molecule has 0 spiro atoms. The summed E-state index contributed by atoms with van der Waals surface area (Å²) in [5.74, 6) is 0. The molecule has 0 aromatic rings. The lowest BCUT2D eigenvalue weighted by Gasteiger charge is -2.10. The summed E-state index contributed by atoms with van der Waals surface area (Å²) in [5.41, 5.74) is 0. The molecule has 15 heavy (non-hydrogen) atoms. The zero-order chi connectivity index (χ0) is 11.4. The predicted molar refractivity (Wildman–Crippen MR) is 61.7 cm³/mol. The van der Waals surface area contributed by atoms with Gasteiger partial charge in [0.15, 0.2) is 0 Å². The molecule has 1 atom stereocenters. The molecule has 90 valence electrons. The summed E-state index contributed by atoms with van der Waals surface area (Å²) in [6.45, 7) is 5.46. The Labute approximate surface area is 93.1 Å². The maximum atomic E-state index is 9.39. The van der Waals surface area contributed by atoms with Crippen LogP contribution < -0.4 is 0 Å². The summed E-state index contributed by atoms with van der Waals surface area (Å²) < 4.78 is 10.3. The summed E-state index contributed by atoms with van der Waals surface area (Å²) >= 11 is 0. The molecule has 1 N–H and O–H groups in total. The minimum Gasteiger partial charge on any atom is -0.499 e. The third-order valence-electron chi connectivity index (χ3n) is 1.97. The van der Waals surface area contributed by atoms with Crippen molar-refractivity contribution in [3.8, 4) is 0 Å². The first-order valence-corrected chi connectivity index (χ1v) is 5.79. The van der Waals surface area contributed by atoms with Crippen LogP contribution in [-0.2, 0) is 9.47 Å². The van der Waals surface area contributed by atoms with Gasteiger partial charge in [0.25, 0.3) is 0 Å². The normalized spacial score (nSPS) is 13.3. The van der Waals surface area contributed by atoms with E-state index in [1.165, 1.54) is 19.3 Å². The Balaban J connectivity index is 3.12. The van der Waals surface area contributed by atoms with Crippen molar-refractivity contribution in [1.29, 1.82) is 0 Å². The van der Waals surface area contributed by atoms with Crippen LogP contribution in [-0.4, -0.2) is 31.0 Å². The predicted octanol–water partition coefficient (Wildman–Crippen LogP) is 2.49. The van der Waals surface area contributed by atoms with E-state index in [4.69, 9.17) is 9.47 Å². The van der Waals surface area contributed by atoms with Crippen molar-refractivity contribution in [2.24, 2.45) is 0 Å². The number of hydrogen-bond acceptors (Lipinski definition) is 3. The van der Waals surface area contributed by atoms with Crippen LogP contribution in [0, 0.1) is 0 Å². The molecule has 0 saturated heterocycles. The van der Waals surface area contributed by atoms with Crippen molar-refractivity contribution >= 4 is 0 Å². The Bertz CT molecular complexity index is 146. The Morgan fingerprint density at radius 2 is 2.00 bits per heavy atom. The van der Waals surface area contributed by atoms with Crippen molar-refractivity contribution in [2.75, 3.05) is 19.8 Å². The van der Waals surface area contributed by atoms with Gasteiger partial charge >= 0.3 is 0 Å². The molecule has 0 fully saturated rings. The van der Waals surface area contributed by atoms with Crippen LogP contribution in [0.3, 0.4) is 0 Å². The van der Waals surface area contributed by atoms with Crippen molar-refractivity contribution in [3.63, 3.8) is 0 Å². The molecular weight excluding hydrogens is 192 g/mol. The van der Waals surface area contributed by atoms with Gasteiger partial charge in [-0.05, 0) is 13.3 Å². The van der Waals surface area contributed by atoms with Gasteiger partial charge in [-0.2, -0.15) is 0 Å². The highest BCUT2D eigenvalue weighted by atomic mass is 16.5.